The largest absolute Gasteiger partial charge is 0.377 e. The molecule has 3 heterocycles. The van der Waals surface area contributed by atoms with Crippen molar-refractivity contribution in [1.29, 1.82) is 0 Å². The molecule has 24 heavy (non-hydrogen) atoms. The maximum Gasteiger partial charge on any atom is 0.240 e. The maximum atomic E-state index is 5.31. The average Bonchev–Trinajstić information content (AvgIpc) is 3.27. The third kappa shape index (κ3) is 2.36. The Labute approximate surface area is 141 Å². The van der Waals surface area contributed by atoms with E-state index in [0.29, 0.717) is 18.3 Å². The highest BCUT2D eigenvalue weighted by atomic mass is 32.2. The fourth-order valence-electron chi connectivity index (χ4n) is 2.64. The molecule has 4 rings (SSSR count). The summed E-state index contributed by atoms with van der Waals surface area (Å²) in [6.07, 6.45) is 0. The molecule has 9 heteroatoms. The zero-order valence-corrected chi connectivity index (χ0v) is 14.3. The van der Waals surface area contributed by atoms with Crippen molar-refractivity contribution >= 4 is 28.6 Å². The second-order valence-electron chi connectivity index (χ2n) is 5.41. The van der Waals surface area contributed by atoms with Gasteiger partial charge >= 0.3 is 0 Å². The number of aromatic nitrogens is 6. The Balaban J connectivity index is 1.70. The molecular formula is C15H16N6O2S. The van der Waals surface area contributed by atoms with E-state index in [1.54, 1.807) is 7.11 Å². The van der Waals surface area contributed by atoms with Crippen molar-refractivity contribution in [3.05, 3.63) is 36.0 Å². The zero-order chi connectivity index (χ0) is 16.7. The number of nitrogens with zero attached hydrogens (tertiary/aromatic N) is 6. The van der Waals surface area contributed by atoms with E-state index in [4.69, 9.17) is 9.26 Å². The van der Waals surface area contributed by atoms with Crippen molar-refractivity contribution in [2.75, 3.05) is 7.11 Å². The summed E-state index contributed by atoms with van der Waals surface area (Å²) < 4.78 is 14.4. The van der Waals surface area contributed by atoms with Gasteiger partial charge in [-0.25, -0.2) is 0 Å². The molecule has 0 N–H and O–H groups in total. The molecule has 0 fully saturated rings. The van der Waals surface area contributed by atoms with Gasteiger partial charge in [-0.2, -0.15) is 4.98 Å². The van der Waals surface area contributed by atoms with Gasteiger partial charge in [-0.05, 0) is 19.1 Å². The van der Waals surface area contributed by atoms with Crippen LogP contribution in [0.4, 0.5) is 0 Å². The number of imidazole rings is 1. The van der Waals surface area contributed by atoms with Crippen LogP contribution in [0, 0.1) is 0 Å². The molecule has 0 aliphatic carbocycles. The van der Waals surface area contributed by atoms with Crippen LogP contribution < -0.4 is 0 Å². The second-order valence-corrected chi connectivity index (χ2v) is 6.72. The summed E-state index contributed by atoms with van der Waals surface area (Å²) in [6, 6.07) is 8.15. The molecule has 1 aromatic carbocycles. The van der Waals surface area contributed by atoms with E-state index in [1.165, 1.54) is 11.8 Å². The Morgan fingerprint density at radius 1 is 1.25 bits per heavy atom. The summed E-state index contributed by atoms with van der Waals surface area (Å²) in [6.45, 7) is 2.33. The topological polar surface area (TPSA) is 83.3 Å². The minimum Gasteiger partial charge on any atom is -0.377 e. The second kappa shape index (κ2) is 5.91. The molecule has 4 aromatic rings. The fourth-order valence-corrected chi connectivity index (χ4v) is 3.53. The first kappa shape index (κ1) is 15.2. The molecule has 0 saturated carbocycles. The number of fused-ring (bicyclic) bond motifs is 3. The molecule has 1 atom stereocenters. The zero-order valence-electron chi connectivity index (χ0n) is 13.5. The molecule has 0 unspecified atom stereocenters. The van der Waals surface area contributed by atoms with Gasteiger partial charge in [0.25, 0.3) is 0 Å². The maximum absolute atomic E-state index is 5.31. The Bertz CT molecular complexity index is 1000. The fraction of sp³-hybridized carbons (Fsp3) is 0.333. The molecule has 0 spiro atoms. The number of thioether (sulfide) groups is 1. The summed E-state index contributed by atoms with van der Waals surface area (Å²) in [4.78, 5) is 4.34. The minimum atomic E-state index is -0.0468. The number of aryl methyl sites for hydroxylation is 1. The molecule has 0 amide bonds. The quantitative estimate of drug-likeness (QED) is 0.515. The van der Waals surface area contributed by atoms with Gasteiger partial charge in [0.2, 0.25) is 11.7 Å². The number of rotatable bonds is 5. The number of hydrogen-bond donors (Lipinski definition) is 0. The molecule has 0 radical (unpaired) electrons. The van der Waals surface area contributed by atoms with Gasteiger partial charge in [0, 0.05) is 14.2 Å². The highest BCUT2D eigenvalue weighted by Crippen LogP contribution is 2.34. The van der Waals surface area contributed by atoms with E-state index in [0.717, 1.165) is 22.0 Å². The number of benzene rings is 1. The third-order valence-corrected chi connectivity index (χ3v) is 4.82. The van der Waals surface area contributed by atoms with Gasteiger partial charge in [-0.1, -0.05) is 29.1 Å². The Morgan fingerprint density at radius 2 is 2.04 bits per heavy atom. The van der Waals surface area contributed by atoms with Crippen LogP contribution in [0.2, 0.25) is 0 Å². The van der Waals surface area contributed by atoms with Crippen molar-refractivity contribution in [2.24, 2.45) is 7.05 Å². The van der Waals surface area contributed by atoms with E-state index in [2.05, 4.69) is 32.5 Å². The van der Waals surface area contributed by atoms with Crippen LogP contribution in [-0.4, -0.2) is 36.4 Å². The van der Waals surface area contributed by atoms with Crippen molar-refractivity contribution in [1.82, 2.24) is 29.3 Å². The standard InChI is InChI=1S/C15H16N6O2S/c1-9(13-16-12(8-22-3)19-23-13)24-15-18-17-14-20(2)10-6-4-5-7-11(10)21(14)15/h4-7,9H,8H2,1-3H3/t9-/m1/s1. The van der Waals surface area contributed by atoms with Gasteiger partial charge < -0.3 is 13.8 Å². The first-order valence-electron chi connectivity index (χ1n) is 7.45. The molecule has 124 valence electrons. The monoisotopic (exact) mass is 344 g/mol. The predicted octanol–water partition coefficient (Wildman–Crippen LogP) is 2.60. The molecule has 0 saturated heterocycles. The third-order valence-electron chi connectivity index (χ3n) is 3.79. The Kier molecular flexibility index (Phi) is 3.73. The van der Waals surface area contributed by atoms with Gasteiger partial charge in [0.1, 0.15) is 6.61 Å². The number of para-hydroxylation sites is 2. The van der Waals surface area contributed by atoms with E-state index in [1.807, 2.05) is 35.1 Å². The summed E-state index contributed by atoms with van der Waals surface area (Å²) in [5, 5.41) is 13.3. The first-order chi connectivity index (χ1) is 11.7. The number of methoxy groups -OCH3 is 1. The van der Waals surface area contributed by atoms with Crippen molar-refractivity contribution in [2.45, 2.75) is 23.9 Å². The van der Waals surface area contributed by atoms with E-state index < -0.39 is 0 Å². The SMILES string of the molecule is COCc1noc([C@@H](C)Sc2nnc3n(C)c4ccccc4n23)n1. The first-order valence-corrected chi connectivity index (χ1v) is 8.33. The highest BCUT2D eigenvalue weighted by Gasteiger charge is 2.21. The van der Waals surface area contributed by atoms with Crippen LogP contribution in [0.25, 0.3) is 16.8 Å². The predicted molar refractivity (Wildman–Crippen MR) is 88.7 cm³/mol. The lowest BCUT2D eigenvalue weighted by molar-refractivity contribution is 0.174. The van der Waals surface area contributed by atoms with Crippen LogP contribution in [0.5, 0.6) is 0 Å². The molecular weight excluding hydrogens is 328 g/mol. The van der Waals surface area contributed by atoms with Crippen LogP contribution in [0.15, 0.2) is 33.9 Å². The van der Waals surface area contributed by atoms with Crippen molar-refractivity contribution in [3.63, 3.8) is 0 Å². The number of ether oxygens (including phenoxy) is 1. The van der Waals surface area contributed by atoms with Crippen molar-refractivity contribution < 1.29 is 9.26 Å². The van der Waals surface area contributed by atoms with Gasteiger partial charge in [-0.3, -0.25) is 4.40 Å². The summed E-state index contributed by atoms with van der Waals surface area (Å²) in [7, 11) is 3.58. The Morgan fingerprint density at radius 3 is 2.83 bits per heavy atom. The summed E-state index contributed by atoms with van der Waals surface area (Å²) in [5.74, 6) is 1.89. The molecule has 0 bridgehead atoms. The summed E-state index contributed by atoms with van der Waals surface area (Å²) >= 11 is 1.53. The smallest absolute Gasteiger partial charge is 0.240 e. The Hall–Kier alpha value is -2.39. The lowest BCUT2D eigenvalue weighted by Gasteiger charge is -2.03. The van der Waals surface area contributed by atoms with Crippen molar-refractivity contribution in [3.8, 4) is 0 Å². The molecule has 3 aromatic heterocycles. The normalized spacial score (nSPS) is 13.1. The van der Waals surface area contributed by atoms with E-state index in [9.17, 15) is 0 Å². The van der Waals surface area contributed by atoms with Crippen LogP contribution in [0.3, 0.4) is 0 Å². The van der Waals surface area contributed by atoms with Crippen LogP contribution in [0.1, 0.15) is 23.9 Å². The van der Waals surface area contributed by atoms with E-state index >= 15 is 0 Å². The van der Waals surface area contributed by atoms with Crippen LogP contribution in [-0.2, 0) is 18.4 Å². The van der Waals surface area contributed by atoms with Gasteiger partial charge in [0.15, 0.2) is 11.0 Å². The number of hydrogen-bond acceptors (Lipinski definition) is 7. The lowest BCUT2D eigenvalue weighted by atomic mass is 10.3. The lowest BCUT2D eigenvalue weighted by Crippen LogP contribution is -1.94. The molecule has 0 aliphatic heterocycles. The van der Waals surface area contributed by atoms with Gasteiger partial charge in [-0.15, -0.1) is 10.2 Å². The minimum absolute atomic E-state index is 0.0468. The molecule has 8 nitrogen and oxygen atoms in total. The van der Waals surface area contributed by atoms with Crippen LogP contribution >= 0.6 is 11.8 Å². The average molecular weight is 344 g/mol. The van der Waals surface area contributed by atoms with Gasteiger partial charge in [0.05, 0.1) is 16.3 Å². The highest BCUT2D eigenvalue weighted by molar-refractivity contribution is 7.99. The summed E-state index contributed by atoms with van der Waals surface area (Å²) in [5.41, 5.74) is 2.18. The van der Waals surface area contributed by atoms with E-state index in [-0.39, 0.29) is 5.25 Å². The molecule has 0 aliphatic rings.